The lowest BCUT2D eigenvalue weighted by Crippen LogP contribution is -2.33. The van der Waals surface area contributed by atoms with Crippen LogP contribution in [-0.2, 0) is 4.79 Å². The van der Waals surface area contributed by atoms with Crippen LogP contribution in [0, 0.1) is 5.41 Å². The highest BCUT2D eigenvalue weighted by Gasteiger charge is 2.40. The zero-order valence-electron chi connectivity index (χ0n) is 12.0. The van der Waals surface area contributed by atoms with Crippen molar-refractivity contribution >= 4 is 17.7 Å². The van der Waals surface area contributed by atoms with Crippen LogP contribution >= 0.6 is 0 Å². The number of carboxylic acids is 1. The summed E-state index contributed by atoms with van der Waals surface area (Å²) in [6.07, 6.45) is 3.41. The van der Waals surface area contributed by atoms with E-state index in [0.29, 0.717) is 23.4 Å². The summed E-state index contributed by atoms with van der Waals surface area (Å²) in [7, 11) is 0. The van der Waals surface area contributed by atoms with Crippen molar-refractivity contribution in [3.05, 3.63) is 24.3 Å². The van der Waals surface area contributed by atoms with E-state index in [0.717, 1.165) is 6.42 Å². The minimum atomic E-state index is -1.04. The maximum Gasteiger partial charge on any atom is 0.341 e. The Bertz CT molecular complexity index is 526. The number of carbonyl (C=O) groups excluding carboxylic acids is 1. The molecule has 114 valence electrons. The number of carbonyl (C=O) groups is 2. The number of carboxylic acid groups (broad SMARTS) is 1. The molecule has 0 spiro atoms. The van der Waals surface area contributed by atoms with Gasteiger partial charge in [0.1, 0.15) is 5.75 Å². The third kappa shape index (κ3) is 4.66. The van der Waals surface area contributed by atoms with E-state index in [2.05, 4.69) is 17.6 Å². The number of anilines is 1. The molecule has 1 saturated carbocycles. The quantitative estimate of drug-likeness (QED) is 0.720. The number of benzene rings is 1. The molecule has 0 radical (unpaired) electrons. The van der Waals surface area contributed by atoms with Gasteiger partial charge in [0.15, 0.2) is 6.61 Å². The topological polar surface area (TPSA) is 87.7 Å². The summed E-state index contributed by atoms with van der Waals surface area (Å²) in [6.45, 7) is 2.41. The van der Waals surface area contributed by atoms with E-state index in [4.69, 9.17) is 9.84 Å². The first-order valence-electron chi connectivity index (χ1n) is 7.02. The first-order valence-corrected chi connectivity index (χ1v) is 7.02. The zero-order chi connectivity index (χ0) is 15.3. The number of urea groups is 1. The van der Waals surface area contributed by atoms with Crippen molar-refractivity contribution in [1.82, 2.24) is 5.32 Å². The maximum absolute atomic E-state index is 11.8. The second kappa shape index (κ2) is 6.47. The van der Waals surface area contributed by atoms with E-state index in [1.165, 1.54) is 12.8 Å². The Morgan fingerprint density at radius 1 is 1.38 bits per heavy atom. The van der Waals surface area contributed by atoms with Crippen LogP contribution in [0.1, 0.15) is 26.2 Å². The molecule has 1 aromatic carbocycles. The molecule has 0 aromatic heterocycles. The van der Waals surface area contributed by atoms with Gasteiger partial charge in [-0.3, -0.25) is 0 Å². The van der Waals surface area contributed by atoms with E-state index < -0.39 is 12.6 Å². The van der Waals surface area contributed by atoms with Crippen molar-refractivity contribution in [2.45, 2.75) is 26.2 Å². The fraction of sp³-hybridized carbons (Fsp3) is 0.467. The normalized spacial score (nSPS) is 15.1. The Morgan fingerprint density at radius 3 is 2.76 bits per heavy atom. The van der Waals surface area contributed by atoms with Gasteiger partial charge in [0.2, 0.25) is 0 Å². The minimum absolute atomic E-state index is 0.259. The molecule has 2 rings (SSSR count). The molecule has 6 heteroatoms. The van der Waals surface area contributed by atoms with Crippen LogP contribution in [0.5, 0.6) is 5.75 Å². The fourth-order valence-corrected chi connectivity index (χ4v) is 2.08. The fourth-order valence-electron chi connectivity index (χ4n) is 2.08. The highest BCUT2D eigenvalue weighted by atomic mass is 16.5. The Labute approximate surface area is 123 Å². The molecule has 6 nitrogen and oxygen atoms in total. The lowest BCUT2D eigenvalue weighted by atomic mass is 10.0. The third-order valence-corrected chi connectivity index (χ3v) is 3.79. The van der Waals surface area contributed by atoms with E-state index >= 15 is 0 Å². The number of rotatable bonds is 7. The van der Waals surface area contributed by atoms with Gasteiger partial charge in [0, 0.05) is 18.3 Å². The second-order valence-corrected chi connectivity index (χ2v) is 5.37. The van der Waals surface area contributed by atoms with Crippen molar-refractivity contribution in [3.63, 3.8) is 0 Å². The summed E-state index contributed by atoms with van der Waals surface area (Å²) in [5.41, 5.74) is 0.862. The molecule has 2 amide bonds. The maximum atomic E-state index is 11.8. The van der Waals surface area contributed by atoms with Crippen molar-refractivity contribution in [2.24, 2.45) is 5.41 Å². The van der Waals surface area contributed by atoms with Crippen molar-refractivity contribution < 1.29 is 19.4 Å². The average molecular weight is 292 g/mol. The van der Waals surface area contributed by atoms with Crippen molar-refractivity contribution in [3.8, 4) is 5.75 Å². The Hall–Kier alpha value is -2.24. The number of amides is 2. The summed E-state index contributed by atoms with van der Waals surface area (Å²) in [6, 6.07) is 6.39. The molecule has 0 aliphatic heterocycles. The lowest BCUT2D eigenvalue weighted by molar-refractivity contribution is -0.139. The predicted octanol–water partition coefficient (Wildman–Crippen LogP) is 2.46. The van der Waals surface area contributed by atoms with Crippen molar-refractivity contribution in [1.29, 1.82) is 0 Å². The molecule has 1 fully saturated rings. The van der Waals surface area contributed by atoms with Gasteiger partial charge in [-0.2, -0.15) is 0 Å². The number of aliphatic carboxylic acids is 1. The summed E-state index contributed by atoms with van der Waals surface area (Å²) in [5.74, 6) is -0.636. The number of nitrogens with one attached hydrogen (secondary N) is 2. The SMILES string of the molecule is CCC1(CNC(=O)Nc2cccc(OCC(=O)O)c2)CC1. The predicted molar refractivity (Wildman–Crippen MR) is 78.6 cm³/mol. The molecule has 0 unspecified atom stereocenters. The number of ether oxygens (including phenoxy) is 1. The minimum Gasteiger partial charge on any atom is -0.482 e. The standard InChI is InChI=1S/C15H20N2O4/c1-2-15(6-7-15)10-16-14(20)17-11-4-3-5-12(8-11)21-9-13(18)19/h3-5,8H,2,6-7,9-10H2,1H3,(H,18,19)(H2,16,17,20). The van der Waals surface area contributed by atoms with Crippen LogP contribution < -0.4 is 15.4 Å². The van der Waals surface area contributed by atoms with Gasteiger partial charge >= 0.3 is 12.0 Å². The largest absolute Gasteiger partial charge is 0.482 e. The molecule has 1 aliphatic rings. The Balaban J connectivity index is 1.82. The van der Waals surface area contributed by atoms with Crippen LogP contribution in [0.4, 0.5) is 10.5 Å². The van der Waals surface area contributed by atoms with Gasteiger partial charge in [-0.15, -0.1) is 0 Å². The molecule has 3 N–H and O–H groups in total. The molecule has 1 aromatic rings. The van der Waals surface area contributed by atoms with Crippen LogP contribution in [0.2, 0.25) is 0 Å². The van der Waals surface area contributed by atoms with Crippen LogP contribution in [0.3, 0.4) is 0 Å². The first-order chi connectivity index (χ1) is 10.0. The molecule has 0 heterocycles. The molecule has 0 saturated heterocycles. The van der Waals surface area contributed by atoms with E-state index in [1.54, 1.807) is 24.3 Å². The van der Waals surface area contributed by atoms with Gasteiger partial charge in [-0.25, -0.2) is 9.59 Å². The zero-order valence-corrected chi connectivity index (χ0v) is 12.0. The Morgan fingerprint density at radius 2 is 2.14 bits per heavy atom. The summed E-state index contributed by atoms with van der Waals surface area (Å²) in [4.78, 5) is 22.3. The Kier molecular flexibility index (Phi) is 4.67. The number of hydrogen-bond donors (Lipinski definition) is 3. The van der Waals surface area contributed by atoms with Gasteiger partial charge in [-0.05, 0) is 36.8 Å². The third-order valence-electron chi connectivity index (χ3n) is 3.79. The monoisotopic (exact) mass is 292 g/mol. The molecule has 1 aliphatic carbocycles. The van der Waals surface area contributed by atoms with Crippen LogP contribution in [-0.4, -0.2) is 30.3 Å². The smallest absolute Gasteiger partial charge is 0.341 e. The van der Waals surface area contributed by atoms with Crippen LogP contribution in [0.25, 0.3) is 0 Å². The van der Waals surface area contributed by atoms with Crippen molar-refractivity contribution in [2.75, 3.05) is 18.5 Å². The van der Waals surface area contributed by atoms with Gasteiger partial charge in [0.05, 0.1) is 0 Å². The molecule has 21 heavy (non-hydrogen) atoms. The molecule has 0 atom stereocenters. The second-order valence-electron chi connectivity index (χ2n) is 5.37. The van der Waals surface area contributed by atoms with E-state index in [9.17, 15) is 9.59 Å². The molecule has 0 bridgehead atoms. The lowest BCUT2D eigenvalue weighted by Gasteiger charge is -2.14. The average Bonchev–Trinajstić information content (AvgIpc) is 3.24. The van der Waals surface area contributed by atoms with Gasteiger partial charge in [-0.1, -0.05) is 13.0 Å². The molecular formula is C15H20N2O4. The van der Waals surface area contributed by atoms with Gasteiger partial charge in [0.25, 0.3) is 0 Å². The van der Waals surface area contributed by atoms with Crippen LogP contribution in [0.15, 0.2) is 24.3 Å². The summed E-state index contributed by atoms with van der Waals surface area (Å²) in [5, 5.41) is 14.1. The summed E-state index contributed by atoms with van der Waals surface area (Å²) >= 11 is 0. The van der Waals surface area contributed by atoms with Gasteiger partial charge < -0.3 is 20.5 Å². The van der Waals surface area contributed by atoms with E-state index in [1.807, 2.05) is 0 Å². The highest BCUT2D eigenvalue weighted by molar-refractivity contribution is 5.89. The van der Waals surface area contributed by atoms with E-state index in [-0.39, 0.29) is 6.03 Å². The summed E-state index contributed by atoms with van der Waals surface area (Å²) < 4.78 is 5.06. The number of hydrogen-bond acceptors (Lipinski definition) is 3. The highest BCUT2D eigenvalue weighted by Crippen LogP contribution is 2.47. The first kappa shape index (κ1) is 15.2. The molecular weight excluding hydrogens is 272 g/mol.